The second-order valence-electron chi connectivity index (χ2n) is 8.04. The Kier molecular flexibility index (Phi) is 9.21. The lowest BCUT2D eigenvalue weighted by Crippen LogP contribution is -2.47. The number of morpholine rings is 1. The van der Waals surface area contributed by atoms with Crippen LogP contribution in [0.1, 0.15) is 11.1 Å². The molecule has 0 saturated carbocycles. The number of hydrogen-bond acceptors (Lipinski definition) is 8. The molecule has 2 aromatic carbocycles. The fourth-order valence-corrected chi connectivity index (χ4v) is 6.00. The SMILES string of the molecule is O=C(CSC1NC(c2cccc([N+](=O)[O-])c2)=CS1)NC[C@H]1CN(Cc2ccc(Cl)c(Cl)c2)CCO1. The number of thioether (sulfide) groups is 2. The standard InChI is InChI=1S/C23H24Cl2N4O4S2/c24-19-5-4-15(8-20(19)25)11-28-6-7-33-18(12-28)10-26-22(30)14-35-23-27-21(13-34-23)16-2-1-3-17(9-16)29(31)32/h1-5,8-9,13,18,23,27H,6-7,10-12,14H2,(H,26,30)/t18-,23?/m0/s1. The zero-order valence-corrected chi connectivity index (χ0v) is 21.8. The summed E-state index contributed by atoms with van der Waals surface area (Å²) < 4.78 is 5.78. The number of nitro benzene ring substituents is 1. The molecule has 4 rings (SSSR count). The van der Waals surface area contributed by atoms with Crippen LogP contribution in [0.3, 0.4) is 0 Å². The molecule has 0 aliphatic carbocycles. The molecule has 2 heterocycles. The van der Waals surface area contributed by atoms with Gasteiger partial charge in [0.25, 0.3) is 5.69 Å². The minimum absolute atomic E-state index is 0.0392. The molecule has 12 heteroatoms. The number of carbonyl (C=O) groups excluding carboxylic acids is 1. The van der Waals surface area contributed by atoms with Gasteiger partial charge in [-0.15, -0.1) is 11.8 Å². The molecule has 2 aliphatic heterocycles. The Morgan fingerprint density at radius 3 is 2.94 bits per heavy atom. The summed E-state index contributed by atoms with van der Waals surface area (Å²) >= 11 is 15.1. The largest absolute Gasteiger partial charge is 0.374 e. The summed E-state index contributed by atoms with van der Waals surface area (Å²) in [7, 11) is 0. The molecule has 0 aromatic heterocycles. The van der Waals surface area contributed by atoms with Gasteiger partial charge < -0.3 is 15.4 Å². The smallest absolute Gasteiger partial charge is 0.270 e. The predicted molar refractivity (Wildman–Crippen MR) is 143 cm³/mol. The highest BCUT2D eigenvalue weighted by Crippen LogP contribution is 2.34. The molecule has 0 bridgehead atoms. The third-order valence-electron chi connectivity index (χ3n) is 5.46. The summed E-state index contributed by atoms with van der Waals surface area (Å²) in [5.74, 6) is 0.229. The van der Waals surface area contributed by atoms with E-state index in [0.717, 1.165) is 29.9 Å². The second kappa shape index (κ2) is 12.3. The fourth-order valence-electron chi connectivity index (χ4n) is 3.72. The van der Waals surface area contributed by atoms with E-state index in [-0.39, 0.29) is 22.4 Å². The van der Waals surface area contributed by atoms with Crippen molar-refractivity contribution in [1.29, 1.82) is 0 Å². The van der Waals surface area contributed by atoms with Gasteiger partial charge in [0.15, 0.2) is 0 Å². The Bertz CT molecular complexity index is 1120. The average molecular weight is 556 g/mol. The first kappa shape index (κ1) is 26.1. The Morgan fingerprint density at radius 2 is 2.14 bits per heavy atom. The van der Waals surface area contributed by atoms with Crippen molar-refractivity contribution in [1.82, 2.24) is 15.5 Å². The molecule has 1 saturated heterocycles. The number of nitrogens with one attached hydrogen (secondary N) is 2. The lowest BCUT2D eigenvalue weighted by molar-refractivity contribution is -0.384. The summed E-state index contributed by atoms with van der Waals surface area (Å²) in [5.41, 5.74) is 2.69. The van der Waals surface area contributed by atoms with Crippen LogP contribution >= 0.6 is 46.7 Å². The van der Waals surface area contributed by atoms with Gasteiger partial charge >= 0.3 is 0 Å². The van der Waals surface area contributed by atoms with Gasteiger partial charge in [-0.2, -0.15) is 0 Å². The molecule has 186 valence electrons. The summed E-state index contributed by atoms with van der Waals surface area (Å²) in [6.45, 7) is 3.31. The van der Waals surface area contributed by atoms with E-state index < -0.39 is 4.92 Å². The topological polar surface area (TPSA) is 96.7 Å². The van der Waals surface area contributed by atoms with E-state index in [9.17, 15) is 14.9 Å². The van der Waals surface area contributed by atoms with Crippen LogP contribution in [0.5, 0.6) is 0 Å². The van der Waals surface area contributed by atoms with Crippen molar-refractivity contribution >= 4 is 64.0 Å². The second-order valence-corrected chi connectivity index (χ2v) is 11.2. The van der Waals surface area contributed by atoms with Crippen molar-refractivity contribution in [2.24, 2.45) is 0 Å². The third-order valence-corrected chi connectivity index (χ3v) is 8.52. The summed E-state index contributed by atoms with van der Waals surface area (Å²) in [5, 5.41) is 20.3. The first-order chi connectivity index (χ1) is 16.9. The molecular formula is C23H24Cl2N4O4S2. The number of halogens is 2. The molecule has 0 radical (unpaired) electrons. The van der Waals surface area contributed by atoms with Crippen LogP contribution in [0, 0.1) is 10.1 Å². The van der Waals surface area contributed by atoms with Crippen LogP contribution in [0.2, 0.25) is 10.0 Å². The van der Waals surface area contributed by atoms with E-state index in [1.165, 1.54) is 23.9 Å². The van der Waals surface area contributed by atoms with E-state index in [0.29, 0.717) is 35.5 Å². The molecule has 0 spiro atoms. The van der Waals surface area contributed by atoms with Gasteiger partial charge in [0.1, 0.15) is 4.71 Å². The van der Waals surface area contributed by atoms with Gasteiger partial charge in [0.05, 0.1) is 33.4 Å². The van der Waals surface area contributed by atoms with Gasteiger partial charge in [0, 0.05) is 49.6 Å². The van der Waals surface area contributed by atoms with Crippen molar-refractivity contribution < 1.29 is 14.5 Å². The Morgan fingerprint density at radius 1 is 1.29 bits per heavy atom. The number of amides is 1. The van der Waals surface area contributed by atoms with Gasteiger partial charge in [-0.05, 0) is 23.1 Å². The molecule has 1 unspecified atom stereocenters. The number of non-ortho nitro benzene ring substituents is 1. The van der Waals surface area contributed by atoms with Crippen molar-refractivity contribution in [2.45, 2.75) is 17.4 Å². The van der Waals surface area contributed by atoms with E-state index >= 15 is 0 Å². The Balaban J connectivity index is 1.17. The Hall–Kier alpha value is -1.95. The van der Waals surface area contributed by atoms with Crippen LogP contribution in [0.25, 0.3) is 5.70 Å². The molecule has 8 nitrogen and oxygen atoms in total. The molecule has 35 heavy (non-hydrogen) atoms. The van der Waals surface area contributed by atoms with Crippen LogP contribution in [-0.2, 0) is 16.1 Å². The van der Waals surface area contributed by atoms with Crippen LogP contribution in [0.4, 0.5) is 5.69 Å². The number of ether oxygens (including phenoxy) is 1. The molecule has 2 aromatic rings. The number of carbonyl (C=O) groups is 1. The molecule has 1 fully saturated rings. The zero-order chi connectivity index (χ0) is 24.8. The maximum Gasteiger partial charge on any atom is 0.270 e. The van der Waals surface area contributed by atoms with Gasteiger partial charge in [0.2, 0.25) is 5.91 Å². The van der Waals surface area contributed by atoms with Crippen LogP contribution < -0.4 is 10.6 Å². The highest BCUT2D eigenvalue weighted by Gasteiger charge is 2.23. The monoisotopic (exact) mass is 554 g/mol. The summed E-state index contributed by atoms with van der Waals surface area (Å²) in [6.07, 6.45) is -0.0819. The van der Waals surface area contributed by atoms with Gasteiger partial charge in [-0.25, -0.2) is 0 Å². The van der Waals surface area contributed by atoms with E-state index in [2.05, 4.69) is 15.5 Å². The van der Waals surface area contributed by atoms with Crippen molar-refractivity contribution in [2.75, 3.05) is 32.0 Å². The van der Waals surface area contributed by atoms with Gasteiger partial charge in [-0.3, -0.25) is 19.8 Å². The minimum Gasteiger partial charge on any atom is -0.374 e. The van der Waals surface area contributed by atoms with Gasteiger partial charge in [-0.1, -0.05) is 53.2 Å². The van der Waals surface area contributed by atoms with Crippen LogP contribution in [0.15, 0.2) is 47.9 Å². The fraction of sp³-hybridized carbons (Fsp3) is 0.348. The van der Waals surface area contributed by atoms with Crippen LogP contribution in [-0.4, -0.2) is 58.5 Å². The summed E-state index contributed by atoms with van der Waals surface area (Å²) in [4.78, 5) is 25.3. The normalized spacial score (nSPS) is 20.2. The van der Waals surface area contributed by atoms with E-state index in [1.54, 1.807) is 23.9 Å². The van der Waals surface area contributed by atoms with Crippen molar-refractivity contribution in [3.05, 3.63) is 79.2 Å². The highest BCUT2D eigenvalue weighted by molar-refractivity contribution is 8.18. The molecular weight excluding hydrogens is 531 g/mol. The Labute approximate surface area is 221 Å². The third kappa shape index (κ3) is 7.52. The number of hydrogen-bond donors (Lipinski definition) is 2. The maximum absolute atomic E-state index is 12.4. The number of nitro groups is 1. The molecule has 2 N–H and O–H groups in total. The van der Waals surface area contributed by atoms with E-state index in [1.807, 2.05) is 23.6 Å². The number of rotatable bonds is 9. The molecule has 2 aliphatic rings. The van der Waals surface area contributed by atoms with Crippen molar-refractivity contribution in [3.63, 3.8) is 0 Å². The number of benzene rings is 2. The minimum atomic E-state index is -0.411. The van der Waals surface area contributed by atoms with E-state index in [4.69, 9.17) is 27.9 Å². The molecule has 1 amide bonds. The number of nitrogens with zero attached hydrogens (tertiary/aromatic N) is 2. The molecule has 2 atom stereocenters. The predicted octanol–water partition coefficient (Wildman–Crippen LogP) is 4.57. The quantitative estimate of drug-likeness (QED) is 0.343. The summed E-state index contributed by atoms with van der Waals surface area (Å²) in [6, 6.07) is 12.1. The van der Waals surface area contributed by atoms with Crippen molar-refractivity contribution in [3.8, 4) is 0 Å². The lowest BCUT2D eigenvalue weighted by atomic mass is 10.1. The first-order valence-electron chi connectivity index (χ1n) is 10.9. The lowest BCUT2D eigenvalue weighted by Gasteiger charge is -2.33. The highest BCUT2D eigenvalue weighted by atomic mass is 35.5. The maximum atomic E-state index is 12.4. The zero-order valence-electron chi connectivity index (χ0n) is 18.6. The first-order valence-corrected chi connectivity index (χ1v) is 13.7. The average Bonchev–Trinajstić information content (AvgIpc) is 3.33.